The normalized spacial score (nSPS) is 9.94. The standard InChI is InChI=1S/C11H8Cl2N4/c1-7(6-14)3-4-8(2)15-11-16-9(12)5-10(13)17-11/h3-5H,1-2H2,(H,15,16,17)/b4-3-. The minimum atomic E-state index is 0.228. The van der Waals surface area contributed by atoms with Crippen LogP contribution in [0.5, 0.6) is 0 Å². The molecule has 1 aromatic heterocycles. The highest BCUT2D eigenvalue weighted by atomic mass is 35.5. The van der Waals surface area contributed by atoms with E-state index in [1.165, 1.54) is 12.1 Å². The van der Waals surface area contributed by atoms with Crippen molar-refractivity contribution in [2.45, 2.75) is 0 Å². The predicted molar refractivity (Wildman–Crippen MR) is 68.7 cm³/mol. The van der Waals surface area contributed by atoms with Gasteiger partial charge >= 0.3 is 0 Å². The van der Waals surface area contributed by atoms with E-state index in [9.17, 15) is 0 Å². The predicted octanol–water partition coefficient (Wildman–Crippen LogP) is 3.34. The summed E-state index contributed by atoms with van der Waals surface area (Å²) in [5.41, 5.74) is 0.803. The van der Waals surface area contributed by atoms with E-state index < -0.39 is 0 Å². The van der Waals surface area contributed by atoms with Gasteiger partial charge in [0.25, 0.3) is 0 Å². The number of hydrogen-bond acceptors (Lipinski definition) is 4. The largest absolute Gasteiger partial charge is 0.325 e. The van der Waals surface area contributed by atoms with Crippen molar-refractivity contribution in [2.75, 3.05) is 5.32 Å². The van der Waals surface area contributed by atoms with Crippen molar-refractivity contribution in [3.63, 3.8) is 0 Å². The lowest BCUT2D eigenvalue weighted by atomic mass is 10.3. The van der Waals surface area contributed by atoms with Gasteiger partial charge in [0.2, 0.25) is 5.95 Å². The van der Waals surface area contributed by atoms with Crippen LogP contribution in [0.15, 0.2) is 42.6 Å². The Bertz CT molecular complexity index is 509. The Hall–Kier alpha value is -1.83. The van der Waals surface area contributed by atoms with Gasteiger partial charge in [-0.2, -0.15) is 5.26 Å². The summed E-state index contributed by atoms with van der Waals surface area (Å²) >= 11 is 11.4. The molecule has 0 spiro atoms. The van der Waals surface area contributed by atoms with Crippen LogP contribution in [-0.2, 0) is 0 Å². The Morgan fingerprint density at radius 2 is 1.88 bits per heavy atom. The van der Waals surface area contributed by atoms with E-state index in [0.29, 0.717) is 11.3 Å². The molecule has 1 heterocycles. The van der Waals surface area contributed by atoms with E-state index in [1.807, 2.05) is 6.07 Å². The Balaban J connectivity index is 2.72. The van der Waals surface area contributed by atoms with Gasteiger partial charge in [-0.25, -0.2) is 9.97 Å². The highest BCUT2D eigenvalue weighted by molar-refractivity contribution is 6.33. The van der Waals surface area contributed by atoms with Gasteiger partial charge in [0.15, 0.2) is 0 Å². The zero-order valence-electron chi connectivity index (χ0n) is 8.74. The molecule has 0 atom stereocenters. The lowest BCUT2D eigenvalue weighted by Crippen LogP contribution is -2.00. The first-order valence-electron chi connectivity index (χ1n) is 4.44. The summed E-state index contributed by atoms with van der Waals surface area (Å²) in [6.07, 6.45) is 3.09. The second-order valence-corrected chi connectivity index (χ2v) is 3.73. The van der Waals surface area contributed by atoms with Crippen molar-refractivity contribution in [2.24, 2.45) is 0 Å². The second-order valence-electron chi connectivity index (χ2n) is 2.96. The molecule has 1 N–H and O–H groups in total. The summed E-state index contributed by atoms with van der Waals surface area (Å²) in [6.45, 7) is 7.19. The average Bonchev–Trinajstić information content (AvgIpc) is 2.24. The first-order valence-corrected chi connectivity index (χ1v) is 5.20. The number of nitrogens with zero attached hydrogens (tertiary/aromatic N) is 3. The van der Waals surface area contributed by atoms with Gasteiger partial charge in [-0.1, -0.05) is 36.4 Å². The summed E-state index contributed by atoms with van der Waals surface area (Å²) in [5.74, 6) is 0.236. The van der Waals surface area contributed by atoms with Gasteiger partial charge in [-0.05, 0) is 12.2 Å². The molecule has 0 aliphatic heterocycles. The Morgan fingerprint density at radius 1 is 1.29 bits per heavy atom. The topological polar surface area (TPSA) is 61.6 Å². The first kappa shape index (κ1) is 13.2. The zero-order chi connectivity index (χ0) is 12.8. The van der Waals surface area contributed by atoms with Crippen LogP contribution in [0.3, 0.4) is 0 Å². The summed E-state index contributed by atoms with van der Waals surface area (Å²) < 4.78 is 0. The molecule has 17 heavy (non-hydrogen) atoms. The van der Waals surface area contributed by atoms with Crippen molar-refractivity contribution in [3.05, 3.63) is 53.0 Å². The summed E-state index contributed by atoms with van der Waals surface area (Å²) in [7, 11) is 0. The van der Waals surface area contributed by atoms with Gasteiger partial charge in [-0.15, -0.1) is 0 Å². The van der Waals surface area contributed by atoms with Crippen molar-refractivity contribution in [1.29, 1.82) is 5.26 Å². The highest BCUT2D eigenvalue weighted by Crippen LogP contribution is 2.15. The number of nitrogens with one attached hydrogen (secondary N) is 1. The minimum absolute atomic E-state index is 0.228. The Kier molecular flexibility index (Phi) is 4.70. The lowest BCUT2D eigenvalue weighted by molar-refractivity contribution is 1.15. The maximum Gasteiger partial charge on any atom is 0.230 e. The van der Waals surface area contributed by atoms with Crippen LogP contribution in [0.2, 0.25) is 10.3 Å². The minimum Gasteiger partial charge on any atom is -0.325 e. The zero-order valence-corrected chi connectivity index (χ0v) is 10.3. The number of aromatic nitrogens is 2. The smallest absolute Gasteiger partial charge is 0.230 e. The molecule has 0 fully saturated rings. The molecular formula is C11H8Cl2N4. The van der Waals surface area contributed by atoms with Gasteiger partial charge in [-0.3, -0.25) is 0 Å². The lowest BCUT2D eigenvalue weighted by Gasteiger charge is -2.04. The molecule has 0 aromatic carbocycles. The van der Waals surface area contributed by atoms with Crippen molar-refractivity contribution in [3.8, 4) is 6.07 Å². The van der Waals surface area contributed by atoms with Crippen LogP contribution in [0.1, 0.15) is 0 Å². The SMILES string of the molecule is C=C(C#N)/C=C\C(=C)Nc1nc(Cl)cc(Cl)n1. The number of halogens is 2. The maximum absolute atomic E-state index is 8.50. The van der Waals surface area contributed by atoms with Crippen LogP contribution in [0, 0.1) is 11.3 Å². The molecule has 0 radical (unpaired) electrons. The molecule has 6 heteroatoms. The molecule has 0 bridgehead atoms. The van der Waals surface area contributed by atoms with E-state index in [2.05, 4.69) is 28.4 Å². The molecule has 0 saturated heterocycles. The fourth-order valence-corrected chi connectivity index (χ4v) is 1.29. The van der Waals surface area contributed by atoms with Crippen molar-refractivity contribution in [1.82, 2.24) is 9.97 Å². The number of anilines is 1. The van der Waals surface area contributed by atoms with E-state index in [4.69, 9.17) is 28.5 Å². The highest BCUT2D eigenvalue weighted by Gasteiger charge is 2.01. The van der Waals surface area contributed by atoms with Gasteiger partial charge in [0.1, 0.15) is 10.3 Å². The van der Waals surface area contributed by atoms with Gasteiger partial charge < -0.3 is 5.32 Å². The van der Waals surface area contributed by atoms with Crippen molar-refractivity contribution >= 4 is 29.2 Å². The number of rotatable bonds is 4. The fourth-order valence-electron chi connectivity index (χ4n) is 0.870. The molecule has 0 aliphatic rings. The third-order valence-corrected chi connectivity index (χ3v) is 1.95. The van der Waals surface area contributed by atoms with E-state index in [1.54, 1.807) is 6.08 Å². The number of hydrogen-bond donors (Lipinski definition) is 1. The summed E-state index contributed by atoms with van der Waals surface area (Å²) in [5, 5.41) is 11.7. The van der Waals surface area contributed by atoms with Crippen LogP contribution in [0.4, 0.5) is 5.95 Å². The molecule has 4 nitrogen and oxygen atoms in total. The molecule has 0 amide bonds. The second kappa shape index (κ2) is 6.04. The molecule has 0 aliphatic carbocycles. The molecule has 1 aromatic rings. The third kappa shape index (κ3) is 4.68. The molecule has 0 saturated carbocycles. The van der Waals surface area contributed by atoms with Crippen LogP contribution in [0.25, 0.3) is 0 Å². The molecule has 86 valence electrons. The van der Waals surface area contributed by atoms with Crippen LogP contribution < -0.4 is 5.32 Å². The average molecular weight is 267 g/mol. The third-order valence-electron chi connectivity index (χ3n) is 1.57. The fraction of sp³-hybridized carbons (Fsp3) is 0. The number of allylic oxidation sites excluding steroid dienone is 3. The molecular weight excluding hydrogens is 259 g/mol. The number of nitriles is 1. The van der Waals surface area contributed by atoms with Crippen LogP contribution in [-0.4, -0.2) is 9.97 Å². The summed E-state index contributed by atoms with van der Waals surface area (Å²) in [4.78, 5) is 7.80. The van der Waals surface area contributed by atoms with E-state index in [0.717, 1.165) is 0 Å². The molecule has 0 unspecified atom stereocenters. The van der Waals surface area contributed by atoms with E-state index >= 15 is 0 Å². The molecule has 1 rings (SSSR count). The quantitative estimate of drug-likeness (QED) is 0.516. The van der Waals surface area contributed by atoms with Crippen molar-refractivity contribution < 1.29 is 0 Å². The van der Waals surface area contributed by atoms with Gasteiger partial charge in [0.05, 0.1) is 6.07 Å². The van der Waals surface area contributed by atoms with Crippen LogP contribution >= 0.6 is 23.2 Å². The summed E-state index contributed by atoms with van der Waals surface area (Å²) in [6, 6.07) is 3.30. The monoisotopic (exact) mass is 266 g/mol. The van der Waals surface area contributed by atoms with E-state index in [-0.39, 0.29) is 16.3 Å². The first-order chi connectivity index (χ1) is 8.01. The van der Waals surface area contributed by atoms with Gasteiger partial charge in [0, 0.05) is 17.3 Å². The Labute approximate surface area is 109 Å². The maximum atomic E-state index is 8.50. The Morgan fingerprint density at radius 3 is 2.41 bits per heavy atom.